The van der Waals surface area contributed by atoms with Gasteiger partial charge < -0.3 is 20.1 Å². The molecule has 2 aromatic rings. The van der Waals surface area contributed by atoms with Crippen LogP contribution in [0.15, 0.2) is 42.5 Å². The van der Waals surface area contributed by atoms with Crippen LogP contribution in [0.3, 0.4) is 0 Å². The number of nitrogens with one attached hydrogen (secondary N) is 2. The van der Waals surface area contributed by atoms with Crippen LogP contribution in [0.4, 0.5) is 11.4 Å². The number of amides is 2. The number of ether oxygens (including phenoxy) is 2. The molecule has 0 radical (unpaired) electrons. The van der Waals surface area contributed by atoms with Gasteiger partial charge in [0.2, 0.25) is 0 Å². The average molecular weight is 354 g/mol. The Morgan fingerprint density at radius 3 is 2.81 bits per heavy atom. The van der Waals surface area contributed by atoms with Crippen molar-refractivity contribution in [1.82, 2.24) is 0 Å². The van der Waals surface area contributed by atoms with Crippen molar-refractivity contribution in [3.05, 3.63) is 48.0 Å². The van der Waals surface area contributed by atoms with Gasteiger partial charge in [-0.3, -0.25) is 14.4 Å². The molecule has 1 heterocycles. The lowest BCUT2D eigenvalue weighted by molar-refractivity contribution is -0.122. The summed E-state index contributed by atoms with van der Waals surface area (Å²) < 4.78 is 10.9. The van der Waals surface area contributed by atoms with E-state index in [1.807, 2.05) is 0 Å². The van der Waals surface area contributed by atoms with Crippen LogP contribution in [0.1, 0.15) is 24.2 Å². The maximum absolute atomic E-state index is 12.1. The van der Waals surface area contributed by atoms with Gasteiger partial charge in [0.25, 0.3) is 11.8 Å². The second kappa shape index (κ2) is 7.26. The summed E-state index contributed by atoms with van der Waals surface area (Å²) in [5.74, 6) is 0.303. The zero-order valence-corrected chi connectivity index (χ0v) is 14.4. The molecule has 7 heteroatoms. The number of anilines is 2. The Kier molecular flexibility index (Phi) is 4.88. The summed E-state index contributed by atoms with van der Waals surface area (Å²) >= 11 is 0. The van der Waals surface area contributed by atoms with E-state index in [-0.39, 0.29) is 24.2 Å². The molecule has 0 saturated heterocycles. The van der Waals surface area contributed by atoms with E-state index in [2.05, 4.69) is 10.6 Å². The van der Waals surface area contributed by atoms with E-state index < -0.39 is 6.10 Å². The molecule has 0 spiro atoms. The zero-order chi connectivity index (χ0) is 18.7. The highest BCUT2D eigenvalue weighted by atomic mass is 16.5. The predicted octanol–water partition coefficient (Wildman–Crippen LogP) is 2.63. The van der Waals surface area contributed by atoms with Crippen molar-refractivity contribution in [1.29, 1.82) is 0 Å². The van der Waals surface area contributed by atoms with Crippen LogP contribution in [-0.2, 0) is 9.59 Å². The average Bonchev–Trinajstić information content (AvgIpc) is 2.61. The Hall–Kier alpha value is -3.35. The number of fused-ring (bicyclic) bond motifs is 1. The van der Waals surface area contributed by atoms with Gasteiger partial charge in [-0.2, -0.15) is 0 Å². The number of benzene rings is 2. The van der Waals surface area contributed by atoms with Gasteiger partial charge in [0, 0.05) is 11.3 Å². The van der Waals surface area contributed by atoms with E-state index in [9.17, 15) is 14.4 Å². The summed E-state index contributed by atoms with van der Waals surface area (Å²) in [5.41, 5.74) is 1.52. The first-order chi connectivity index (χ1) is 12.4. The number of ketones is 1. The molecule has 1 atom stereocenters. The molecule has 134 valence electrons. The lowest BCUT2D eigenvalue weighted by Gasteiger charge is -2.23. The lowest BCUT2D eigenvalue weighted by atomic mass is 10.1. The number of Topliss-reactive ketones (excluding diaryl/α,β-unsaturated/α-hetero) is 1. The molecule has 1 unspecified atom stereocenters. The SMILES string of the molecule is CC(=O)c1cccc(OCC(=O)Nc2ccc3c(c2)NC(=O)C(C)O3)c1. The second-order valence-electron chi connectivity index (χ2n) is 5.88. The summed E-state index contributed by atoms with van der Waals surface area (Å²) in [4.78, 5) is 35.1. The Morgan fingerprint density at radius 2 is 2.04 bits per heavy atom. The van der Waals surface area contributed by atoms with Crippen molar-refractivity contribution >= 4 is 29.0 Å². The van der Waals surface area contributed by atoms with Crippen LogP contribution in [-0.4, -0.2) is 30.3 Å². The van der Waals surface area contributed by atoms with Crippen molar-refractivity contribution < 1.29 is 23.9 Å². The van der Waals surface area contributed by atoms with Crippen molar-refractivity contribution in [2.45, 2.75) is 20.0 Å². The first-order valence-corrected chi connectivity index (χ1v) is 8.07. The normalized spacial score (nSPS) is 15.3. The van der Waals surface area contributed by atoms with Gasteiger partial charge in [0.15, 0.2) is 18.5 Å². The quantitative estimate of drug-likeness (QED) is 0.805. The molecule has 2 aromatic carbocycles. The molecule has 0 bridgehead atoms. The molecule has 0 fully saturated rings. The smallest absolute Gasteiger partial charge is 0.265 e. The molecule has 1 aliphatic heterocycles. The van der Waals surface area contributed by atoms with Crippen LogP contribution in [0.25, 0.3) is 0 Å². The molecule has 0 aromatic heterocycles. The van der Waals surface area contributed by atoms with Gasteiger partial charge in [0.05, 0.1) is 5.69 Å². The highest BCUT2D eigenvalue weighted by molar-refractivity contribution is 5.99. The van der Waals surface area contributed by atoms with Gasteiger partial charge in [-0.25, -0.2) is 0 Å². The van der Waals surface area contributed by atoms with Crippen LogP contribution < -0.4 is 20.1 Å². The van der Waals surface area contributed by atoms with E-state index in [0.717, 1.165) is 0 Å². The Morgan fingerprint density at radius 1 is 1.23 bits per heavy atom. The van der Waals surface area contributed by atoms with Crippen molar-refractivity contribution in [3.63, 3.8) is 0 Å². The molecule has 7 nitrogen and oxygen atoms in total. The number of carbonyl (C=O) groups excluding carboxylic acids is 3. The number of rotatable bonds is 5. The summed E-state index contributed by atoms with van der Waals surface area (Å²) in [6.07, 6.45) is -0.554. The van der Waals surface area contributed by atoms with Crippen LogP contribution in [0.2, 0.25) is 0 Å². The van der Waals surface area contributed by atoms with Crippen LogP contribution >= 0.6 is 0 Å². The van der Waals surface area contributed by atoms with Gasteiger partial charge in [-0.05, 0) is 44.2 Å². The fourth-order valence-corrected chi connectivity index (χ4v) is 2.44. The highest BCUT2D eigenvalue weighted by Gasteiger charge is 2.23. The third kappa shape index (κ3) is 4.00. The Balaban J connectivity index is 1.60. The summed E-state index contributed by atoms with van der Waals surface area (Å²) in [6, 6.07) is 11.6. The molecule has 0 aliphatic carbocycles. The number of hydrogen-bond acceptors (Lipinski definition) is 5. The van der Waals surface area contributed by atoms with Gasteiger partial charge >= 0.3 is 0 Å². The highest BCUT2D eigenvalue weighted by Crippen LogP contribution is 2.32. The molecular formula is C19H18N2O5. The topological polar surface area (TPSA) is 93.7 Å². The minimum atomic E-state index is -0.554. The van der Waals surface area contributed by atoms with E-state index in [0.29, 0.717) is 28.4 Å². The third-order valence-corrected chi connectivity index (χ3v) is 3.80. The zero-order valence-electron chi connectivity index (χ0n) is 14.4. The van der Waals surface area contributed by atoms with E-state index >= 15 is 0 Å². The minimum absolute atomic E-state index is 0.0763. The number of carbonyl (C=O) groups is 3. The number of hydrogen-bond donors (Lipinski definition) is 2. The first-order valence-electron chi connectivity index (χ1n) is 8.07. The third-order valence-electron chi connectivity index (χ3n) is 3.80. The Labute approximate surface area is 150 Å². The minimum Gasteiger partial charge on any atom is -0.484 e. The van der Waals surface area contributed by atoms with Crippen molar-refractivity contribution in [2.24, 2.45) is 0 Å². The fraction of sp³-hybridized carbons (Fsp3) is 0.211. The van der Waals surface area contributed by atoms with Gasteiger partial charge in [0.1, 0.15) is 11.5 Å². The maximum atomic E-state index is 12.1. The second-order valence-corrected chi connectivity index (χ2v) is 5.88. The summed E-state index contributed by atoms with van der Waals surface area (Å²) in [7, 11) is 0. The standard InChI is InChI=1S/C19H18N2O5/c1-11(22)13-4-3-5-15(8-13)25-10-18(23)20-14-6-7-17-16(9-14)21-19(24)12(2)26-17/h3-9,12H,10H2,1-2H3,(H,20,23)(H,21,24). The van der Waals surface area contributed by atoms with E-state index in [1.165, 1.54) is 6.92 Å². The van der Waals surface area contributed by atoms with Gasteiger partial charge in [-0.1, -0.05) is 12.1 Å². The predicted molar refractivity (Wildman–Crippen MR) is 95.7 cm³/mol. The summed E-state index contributed by atoms with van der Waals surface area (Å²) in [6.45, 7) is 2.91. The molecule has 26 heavy (non-hydrogen) atoms. The fourth-order valence-electron chi connectivity index (χ4n) is 2.44. The van der Waals surface area contributed by atoms with Crippen molar-refractivity contribution in [2.75, 3.05) is 17.2 Å². The van der Waals surface area contributed by atoms with E-state index in [4.69, 9.17) is 9.47 Å². The monoisotopic (exact) mass is 354 g/mol. The van der Waals surface area contributed by atoms with Crippen LogP contribution in [0, 0.1) is 0 Å². The summed E-state index contributed by atoms with van der Waals surface area (Å²) in [5, 5.41) is 5.41. The van der Waals surface area contributed by atoms with Crippen LogP contribution in [0.5, 0.6) is 11.5 Å². The molecular weight excluding hydrogens is 336 g/mol. The molecule has 1 aliphatic rings. The Bertz CT molecular complexity index is 878. The largest absolute Gasteiger partial charge is 0.484 e. The van der Waals surface area contributed by atoms with E-state index in [1.54, 1.807) is 49.4 Å². The van der Waals surface area contributed by atoms with Gasteiger partial charge in [-0.15, -0.1) is 0 Å². The molecule has 0 saturated carbocycles. The van der Waals surface area contributed by atoms with Crippen molar-refractivity contribution in [3.8, 4) is 11.5 Å². The maximum Gasteiger partial charge on any atom is 0.265 e. The lowest BCUT2D eigenvalue weighted by Crippen LogP contribution is -2.34. The first kappa shape index (κ1) is 17.5. The molecule has 2 amide bonds. The molecule has 2 N–H and O–H groups in total. The molecule has 3 rings (SSSR count).